The lowest BCUT2D eigenvalue weighted by Gasteiger charge is -2.12. The monoisotopic (exact) mass is 457 g/mol. The van der Waals surface area contributed by atoms with Crippen molar-refractivity contribution in [3.05, 3.63) is 47.5 Å². The average Bonchev–Trinajstić information content (AvgIpc) is 3.17. The zero-order valence-electron chi connectivity index (χ0n) is 17.6. The van der Waals surface area contributed by atoms with Crippen LogP contribution in [0.15, 0.2) is 40.7 Å². The minimum atomic E-state index is -0.220. The van der Waals surface area contributed by atoms with Crippen LogP contribution in [0.3, 0.4) is 0 Å². The molecule has 8 nitrogen and oxygen atoms in total. The summed E-state index contributed by atoms with van der Waals surface area (Å²) in [5, 5.41) is 17.7. The minimum absolute atomic E-state index is 0.158. The second-order valence-electron chi connectivity index (χ2n) is 6.68. The van der Waals surface area contributed by atoms with Crippen molar-refractivity contribution in [2.45, 2.75) is 25.1 Å². The van der Waals surface area contributed by atoms with Crippen LogP contribution in [0.2, 0.25) is 0 Å². The normalized spacial score (nSPS) is 10.5. The first-order valence-electron chi connectivity index (χ1n) is 9.40. The van der Waals surface area contributed by atoms with Gasteiger partial charge >= 0.3 is 0 Å². The molecule has 3 rings (SSSR count). The Labute approximate surface area is 188 Å². The molecule has 31 heavy (non-hydrogen) atoms. The first-order chi connectivity index (χ1) is 14.9. The number of carbonyl (C=O) groups excluding carboxylic acids is 2. The van der Waals surface area contributed by atoms with Gasteiger partial charge in [-0.15, -0.1) is 10.2 Å². The SMILES string of the molecule is COc1ccc(NC(C)=O)cc1NC(=O)CSc1nnc(Nc2cccc(C)c2C)s1. The van der Waals surface area contributed by atoms with Crippen LogP contribution in [-0.4, -0.2) is 34.9 Å². The van der Waals surface area contributed by atoms with Crippen LogP contribution >= 0.6 is 23.1 Å². The second kappa shape index (κ2) is 10.3. The molecule has 10 heteroatoms. The molecule has 2 amide bonds. The Morgan fingerprint density at radius 1 is 1.10 bits per heavy atom. The van der Waals surface area contributed by atoms with E-state index in [2.05, 4.69) is 39.1 Å². The van der Waals surface area contributed by atoms with Gasteiger partial charge in [-0.2, -0.15) is 0 Å². The number of nitrogens with zero attached hydrogens (tertiary/aromatic N) is 2. The van der Waals surface area contributed by atoms with E-state index in [1.165, 1.54) is 42.7 Å². The van der Waals surface area contributed by atoms with E-state index in [1.807, 2.05) is 19.1 Å². The van der Waals surface area contributed by atoms with Gasteiger partial charge in [-0.25, -0.2) is 0 Å². The lowest BCUT2D eigenvalue weighted by atomic mass is 10.1. The molecule has 1 aromatic heterocycles. The fourth-order valence-electron chi connectivity index (χ4n) is 2.72. The quantitative estimate of drug-likeness (QED) is 0.425. The van der Waals surface area contributed by atoms with E-state index < -0.39 is 0 Å². The number of rotatable bonds is 8. The topological polar surface area (TPSA) is 105 Å². The number of methoxy groups -OCH3 is 1. The summed E-state index contributed by atoms with van der Waals surface area (Å²) in [6, 6.07) is 11.1. The van der Waals surface area contributed by atoms with Crippen molar-refractivity contribution in [3.63, 3.8) is 0 Å². The summed E-state index contributed by atoms with van der Waals surface area (Å²) in [6.45, 7) is 5.53. The van der Waals surface area contributed by atoms with Gasteiger partial charge in [0.05, 0.1) is 18.6 Å². The number of anilines is 4. The molecule has 0 unspecified atom stereocenters. The molecule has 0 atom stereocenters. The number of amides is 2. The number of aromatic nitrogens is 2. The van der Waals surface area contributed by atoms with Crippen LogP contribution in [0.5, 0.6) is 5.75 Å². The molecule has 3 aromatic rings. The average molecular weight is 458 g/mol. The summed E-state index contributed by atoms with van der Waals surface area (Å²) in [6.07, 6.45) is 0. The molecule has 0 aliphatic rings. The van der Waals surface area contributed by atoms with Gasteiger partial charge in [-0.3, -0.25) is 9.59 Å². The summed E-state index contributed by atoms with van der Waals surface area (Å²) in [5.74, 6) is 0.247. The molecule has 0 saturated heterocycles. The van der Waals surface area contributed by atoms with E-state index in [0.29, 0.717) is 26.6 Å². The van der Waals surface area contributed by atoms with Gasteiger partial charge in [0.1, 0.15) is 5.75 Å². The molecule has 0 aliphatic carbocycles. The molecule has 0 spiro atoms. The van der Waals surface area contributed by atoms with Crippen molar-refractivity contribution < 1.29 is 14.3 Å². The van der Waals surface area contributed by atoms with E-state index in [-0.39, 0.29) is 17.6 Å². The largest absolute Gasteiger partial charge is 0.495 e. The Balaban J connectivity index is 1.59. The Hall–Kier alpha value is -3.11. The van der Waals surface area contributed by atoms with E-state index in [0.717, 1.165) is 11.3 Å². The highest BCUT2D eigenvalue weighted by Crippen LogP contribution is 2.31. The van der Waals surface area contributed by atoms with Crippen molar-refractivity contribution in [1.82, 2.24) is 10.2 Å². The Morgan fingerprint density at radius 2 is 1.90 bits per heavy atom. The highest BCUT2D eigenvalue weighted by atomic mass is 32.2. The number of aryl methyl sites for hydroxylation is 1. The van der Waals surface area contributed by atoms with Gasteiger partial charge in [-0.05, 0) is 49.2 Å². The molecule has 0 radical (unpaired) electrons. The molecule has 0 aliphatic heterocycles. The first kappa shape index (κ1) is 22.6. The van der Waals surface area contributed by atoms with Crippen LogP contribution in [-0.2, 0) is 9.59 Å². The zero-order valence-corrected chi connectivity index (χ0v) is 19.2. The molecule has 0 saturated carbocycles. The standard InChI is InChI=1S/C21H23N5O3S2/c1-12-6-5-7-16(13(12)2)24-20-25-26-21(31-20)30-11-19(28)23-17-10-15(22-14(3)27)8-9-18(17)29-4/h5-10H,11H2,1-4H3,(H,22,27)(H,23,28)(H,24,25). The lowest BCUT2D eigenvalue weighted by Crippen LogP contribution is -2.15. The maximum Gasteiger partial charge on any atom is 0.234 e. The van der Waals surface area contributed by atoms with Crippen LogP contribution in [0, 0.1) is 13.8 Å². The predicted molar refractivity (Wildman–Crippen MR) is 126 cm³/mol. The fourth-order valence-corrected chi connectivity index (χ4v) is 4.28. The highest BCUT2D eigenvalue weighted by molar-refractivity contribution is 8.01. The maximum absolute atomic E-state index is 12.4. The van der Waals surface area contributed by atoms with Gasteiger partial charge in [0, 0.05) is 18.3 Å². The van der Waals surface area contributed by atoms with Gasteiger partial charge < -0.3 is 20.7 Å². The molecular formula is C21H23N5O3S2. The van der Waals surface area contributed by atoms with Crippen molar-refractivity contribution in [1.29, 1.82) is 0 Å². The van der Waals surface area contributed by atoms with Crippen LogP contribution in [0.25, 0.3) is 0 Å². The predicted octanol–water partition coefficient (Wildman–Crippen LogP) is 4.60. The van der Waals surface area contributed by atoms with Crippen molar-refractivity contribution in [2.24, 2.45) is 0 Å². The first-order valence-corrected chi connectivity index (χ1v) is 11.2. The van der Waals surface area contributed by atoms with Gasteiger partial charge in [0.2, 0.25) is 16.9 Å². The molecule has 2 aromatic carbocycles. The fraction of sp³-hybridized carbons (Fsp3) is 0.238. The number of thioether (sulfide) groups is 1. The van der Waals surface area contributed by atoms with E-state index in [1.54, 1.807) is 18.2 Å². The van der Waals surface area contributed by atoms with E-state index in [9.17, 15) is 9.59 Å². The number of carbonyl (C=O) groups is 2. The van der Waals surface area contributed by atoms with E-state index in [4.69, 9.17) is 4.74 Å². The van der Waals surface area contributed by atoms with Crippen molar-refractivity contribution >= 4 is 57.1 Å². The zero-order chi connectivity index (χ0) is 22.4. The molecule has 1 heterocycles. The Kier molecular flexibility index (Phi) is 7.48. The second-order valence-corrected chi connectivity index (χ2v) is 8.88. The molecule has 3 N–H and O–H groups in total. The highest BCUT2D eigenvalue weighted by Gasteiger charge is 2.12. The van der Waals surface area contributed by atoms with Crippen LogP contribution in [0.4, 0.5) is 22.2 Å². The number of ether oxygens (including phenoxy) is 1. The number of hydrogen-bond acceptors (Lipinski definition) is 8. The summed E-state index contributed by atoms with van der Waals surface area (Å²) in [4.78, 5) is 23.7. The summed E-state index contributed by atoms with van der Waals surface area (Å²) < 4.78 is 5.97. The third kappa shape index (κ3) is 6.19. The Bertz CT molecular complexity index is 1100. The molecule has 0 bridgehead atoms. The third-order valence-corrected chi connectivity index (χ3v) is 6.35. The van der Waals surface area contributed by atoms with Gasteiger partial charge in [0.15, 0.2) is 4.34 Å². The summed E-state index contributed by atoms with van der Waals surface area (Å²) >= 11 is 2.68. The van der Waals surface area contributed by atoms with Crippen molar-refractivity contribution in [3.8, 4) is 5.75 Å². The van der Waals surface area contributed by atoms with Crippen LogP contribution in [0.1, 0.15) is 18.1 Å². The smallest absolute Gasteiger partial charge is 0.234 e. The number of benzene rings is 2. The van der Waals surface area contributed by atoms with Gasteiger partial charge in [0.25, 0.3) is 0 Å². The molecule has 162 valence electrons. The molecular weight excluding hydrogens is 434 g/mol. The maximum atomic E-state index is 12.4. The number of nitrogens with one attached hydrogen (secondary N) is 3. The molecule has 0 fully saturated rings. The number of hydrogen-bond donors (Lipinski definition) is 3. The third-order valence-electron chi connectivity index (χ3n) is 4.37. The lowest BCUT2D eigenvalue weighted by molar-refractivity contribution is -0.114. The minimum Gasteiger partial charge on any atom is -0.495 e. The van der Waals surface area contributed by atoms with Crippen LogP contribution < -0.4 is 20.7 Å². The van der Waals surface area contributed by atoms with Gasteiger partial charge in [-0.1, -0.05) is 35.2 Å². The van der Waals surface area contributed by atoms with E-state index >= 15 is 0 Å². The summed E-state index contributed by atoms with van der Waals surface area (Å²) in [5.41, 5.74) is 4.38. The summed E-state index contributed by atoms with van der Waals surface area (Å²) in [7, 11) is 1.52. The Morgan fingerprint density at radius 3 is 2.65 bits per heavy atom. The van der Waals surface area contributed by atoms with Crippen molar-refractivity contribution in [2.75, 3.05) is 28.8 Å².